The first-order valence-electron chi connectivity index (χ1n) is 3.33. The van der Waals surface area contributed by atoms with Crippen LogP contribution in [-0.2, 0) is 10.0 Å². The van der Waals surface area contributed by atoms with Crippen LogP contribution in [0.2, 0.25) is 0 Å². The second kappa shape index (κ2) is 2.86. The number of sulfonamides is 1. The van der Waals surface area contributed by atoms with Crippen molar-refractivity contribution in [2.75, 3.05) is 12.3 Å². The lowest BCUT2D eigenvalue weighted by molar-refractivity contribution is 0.579. The number of nitrogens with two attached hydrogens (primary N) is 1. The van der Waals surface area contributed by atoms with Crippen LogP contribution in [0.15, 0.2) is 0 Å². The Morgan fingerprint density at radius 3 is 2.90 bits per heavy atom. The number of nitrogens with one attached hydrogen (secondary N) is 1. The molecule has 60 valence electrons. The zero-order valence-electron chi connectivity index (χ0n) is 5.71. The van der Waals surface area contributed by atoms with Crippen LogP contribution in [0.3, 0.4) is 0 Å². The Morgan fingerprint density at radius 2 is 2.20 bits per heavy atom. The molecule has 0 amide bonds. The molecule has 1 aliphatic heterocycles. The van der Waals surface area contributed by atoms with Gasteiger partial charge in [-0.25, -0.2) is 13.1 Å². The molecule has 0 aromatic rings. The van der Waals surface area contributed by atoms with Crippen molar-refractivity contribution in [3.8, 4) is 0 Å². The number of hydrogen-bond donors (Lipinski definition) is 2. The fraction of sp³-hybridized carbons (Fsp3) is 1.00. The van der Waals surface area contributed by atoms with E-state index in [2.05, 4.69) is 4.72 Å². The molecule has 4 nitrogen and oxygen atoms in total. The molecule has 0 radical (unpaired) electrons. The summed E-state index contributed by atoms with van der Waals surface area (Å²) in [5.74, 6) is 0.223. The van der Waals surface area contributed by atoms with Gasteiger partial charge in [0.05, 0.1) is 5.75 Å². The fourth-order valence-corrected chi connectivity index (χ4v) is 2.10. The molecule has 0 spiro atoms. The van der Waals surface area contributed by atoms with Gasteiger partial charge < -0.3 is 5.73 Å². The summed E-state index contributed by atoms with van der Waals surface area (Å²) in [6, 6.07) is -0.00252. The smallest absolute Gasteiger partial charge is 0.211 e. The van der Waals surface area contributed by atoms with E-state index in [9.17, 15) is 8.42 Å². The fourth-order valence-electron chi connectivity index (χ4n) is 0.944. The Balaban J connectivity index is 2.58. The van der Waals surface area contributed by atoms with E-state index in [-0.39, 0.29) is 11.8 Å². The summed E-state index contributed by atoms with van der Waals surface area (Å²) in [6.45, 7) is 0.391. The zero-order chi connectivity index (χ0) is 7.61. The van der Waals surface area contributed by atoms with Crippen molar-refractivity contribution in [3.63, 3.8) is 0 Å². The maximum absolute atomic E-state index is 10.8. The van der Waals surface area contributed by atoms with Crippen molar-refractivity contribution in [2.24, 2.45) is 5.73 Å². The van der Waals surface area contributed by atoms with E-state index in [1.54, 1.807) is 0 Å². The molecular weight excluding hydrogens is 152 g/mol. The van der Waals surface area contributed by atoms with Gasteiger partial charge in [-0.05, 0) is 12.8 Å². The normalized spacial score (nSPS) is 33.1. The minimum atomic E-state index is -2.98. The zero-order valence-corrected chi connectivity index (χ0v) is 6.52. The van der Waals surface area contributed by atoms with Gasteiger partial charge >= 0.3 is 0 Å². The maximum Gasteiger partial charge on any atom is 0.211 e. The van der Waals surface area contributed by atoms with Crippen LogP contribution in [-0.4, -0.2) is 26.8 Å². The van der Waals surface area contributed by atoms with Gasteiger partial charge in [0.2, 0.25) is 10.0 Å². The lowest BCUT2D eigenvalue weighted by atomic mass is 10.2. The van der Waals surface area contributed by atoms with E-state index < -0.39 is 10.0 Å². The van der Waals surface area contributed by atoms with Gasteiger partial charge in [0, 0.05) is 12.6 Å². The molecule has 0 bridgehead atoms. The highest BCUT2D eigenvalue weighted by atomic mass is 32.2. The van der Waals surface area contributed by atoms with Gasteiger partial charge in [-0.2, -0.15) is 0 Å². The van der Waals surface area contributed by atoms with Crippen molar-refractivity contribution in [2.45, 2.75) is 18.9 Å². The molecule has 3 N–H and O–H groups in total. The summed E-state index contributed by atoms with van der Waals surface area (Å²) < 4.78 is 24.1. The third-order valence-electron chi connectivity index (χ3n) is 1.55. The molecule has 1 atom stereocenters. The van der Waals surface area contributed by atoms with Crippen LogP contribution >= 0.6 is 0 Å². The van der Waals surface area contributed by atoms with E-state index >= 15 is 0 Å². The molecule has 0 aromatic carbocycles. The van der Waals surface area contributed by atoms with Crippen LogP contribution < -0.4 is 10.5 Å². The molecule has 5 heteroatoms. The molecule has 0 aliphatic carbocycles. The molecule has 1 fully saturated rings. The summed E-state index contributed by atoms with van der Waals surface area (Å²) in [6.07, 6.45) is 1.47. The first-order valence-corrected chi connectivity index (χ1v) is 4.98. The Bertz CT molecular complexity index is 200. The average Bonchev–Trinajstić information content (AvgIpc) is 1.94. The van der Waals surface area contributed by atoms with Gasteiger partial charge in [-0.3, -0.25) is 0 Å². The quantitative estimate of drug-likeness (QED) is 0.483. The molecular formula is C5H12N2O2S. The number of hydrogen-bond acceptors (Lipinski definition) is 3. The summed E-state index contributed by atoms with van der Waals surface area (Å²) in [5, 5.41) is 0. The summed E-state index contributed by atoms with van der Waals surface area (Å²) in [4.78, 5) is 0. The second-order valence-corrected chi connectivity index (χ2v) is 4.50. The van der Waals surface area contributed by atoms with E-state index in [1.807, 2.05) is 0 Å². The lowest BCUT2D eigenvalue weighted by Crippen LogP contribution is -2.34. The highest BCUT2D eigenvalue weighted by Crippen LogP contribution is 2.02. The van der Waals surface area contributed by atoms with Crippen molar-refractivity contribution < 1.29 is 8.42 Å². The van der Waals surface area contributed by atoms with Crippen LogP contribution in [0.25, 0.3) is 0 Å². The van der Waals surface area contributed by atoms with Crippen molar-refractivity contribution >= 4 is 10.0 Å². The molecule has 1 heterocycles. The van der Waals surface area contributed by atoms with Crippen molar-refractivity contribution in [1.29, 1.82) is 0 Å². The average molecular weight is 164 g/mol. The maximum atomic E-state index is 10.8. The molecule has 1 unspecified atom stereocenters. The van der Waals surface area contributed by atoms with Crippen molar-refractivity contribution in [1.82, 2.24) is 4.72 Å². The minimum absolute atomic E-state index is 0.00252. The van der Waals surface area contributed by atoms with Gasteiger partial charge in [0.25, 0.3) is 0 Å². The van der Waals surface area contributed by atoms with E-state index in [1.165, 1.54) is 0 Å². The van der Waals surface area contributed by atoms with Crippen LogP contribution in [0.1, 0.15) is 12.8 Å². The minimum Gasteiger partial charge on any atom is -0.327 e. The molecule has 10 heavy (non-hydrogen) atoms. The Hall–Kier alpha value is -0.130. The highest BCUT2D eigenvalue weighted by Gasteiger charge is 2.16. The topological polar surface area (TPSA) is 72.2 Å². The van der Waals surface area contributed by atoms with Gasteiger partial charge in [0.1, 0.15) is 0 Å². The standard InChI is InChI=1S/C5H12N2O2S/c6-5-2-1-3-10(8,9)7-4-5/h5,7H,1-4,6H2. The van der Waals surface area contributed by atoms with E-state index in [4.69, 9.17) is 5.73 Å². The summed E-state index contributed by atoms with van der Waals surface area (Å²) in [7, 11) is -2.98. The van der Waals surface area contributed by atoms with Crippen molar-refractivity contribution in [3.05, 3.63) is 0 Å². The SMILES string of the molecule is NC1CCCS(=O)(=O)NC1. The number of rotatable bonds is 0. The molecule has 1 aliphatic rings. The highest BCUT2D eigenvalue weighted by molar-refractivity contribution is 7.89. The van der Waals surface area contributed by atoms with E-state index in [0.717, 1.165) is 6.42 Å². The van der Waals surface area contributed by atoms with Crippen LogP contribution in [0.4, 0.5) is 0 Å². The Morgan fingerprint density at radius 1 is 1.50 bits per heavy atom. The second-order valence-electron chi connectivity index (χ2n) is 2.57. The Kier molecular flexibility index (Phi) is 2.28. The molecule has 1 saturated heterocycles. The molecule has 0 aromatic heterocycles. The third kappa shape index (κ3) is 2.24. The summed E-state index contributed by atoms with van der Waals surface area (Å²) in [5.41, 5.74) is 5.53. The van der Waals surface area contributed by atoms with Crippen LogP contribution in [0.5, 0.6) is 0 Å². The third-order valence-corrected chi connectivity index (χ3v) is 2.99. The monoisotopic (exact) mass is 164 g/mol. The van der Waals surface area contributed by atoms with Gasteiger partial charge in [-0.15, -0.1) is 0 Å². The predicted molar refractivity (Wildman–Crippen MR) is 39.0 cm³/mol. The van der Waals surface area contributed by atoms with Gasteiger partial charge in [-0.1, -0.05) is 0 Å². The predicted octanol–water partition coefficient (Wildman–Crippen LogP) is -0.973. The molecule has 1 rings (SSSR count). The Labute approximate surface area is 60.8 Å². The molecule has 0 saturated carbocycles. The van der Waals surface area contributed by atoms with E-state index in [0.29, 0.717) is 13.0 Å². The van der Waals surface area contributed by atoms with Gasteiger partial charge in [0.15, 0.2) is 0 Å². The first kappa shape index (κ1) is 7.97. The largest absolute Gasteiger partial charge is 0.327 e. The van der Waals surface area contributed by atoms with Crippen LogP contribution in [0, 0.1) is 0 Å². The lowest BCUT2D eigenvalue weighted by Gasteiger charge is -2.04. The first-order chi connectivity index (χ1) is 4.60. The summed E-state index contributed by atoms with van der Waals surface area (Å²) >= 11 is 0.